The van der Waals surface area contributed by atoms with Gasteiger partial charge in [-0.2, -0.15) is 0 Å². The molecule has 0 saturated carbocycles. The molecular formula is C33H39FN2O5. The zero-order valence-corrected chi connectivity index (χ0v) is 24.1. The maximum Gasteiger partial charge on any atom is 0.313 e. The lowest BCUT2D eigenvalue weighted by molar-refractivity contribution is -0.142. The molecule has 0 atom stereocenters. The van der Waals surface area contributed by atoms with Crippen LogP contribution in [0.2, 0.25) is 0 Å². The van der Waals surface area contributed by atoms with E-state index in [0.717, 1.165) is 6.42 Å². The molecule has 1 fully saturated rings. The third kappa shape index (κ3) is 7.79. The van der Waals surface area contributed by atoms with Crippen LogP contribution in [0.4, 0.5) is 10.1 Å². The van der Waals surface area contributed by atoms with Gasteiger partial charge in [-0.1, -0.05) is 32.6 Å². The summed E-state index contributed by atoms with van der Waals surface area (Å²) in [6.07, 6.45) is 2.12. The molecule has 0 aromatic heterocycles. The van der Waals surface area contributed by atoms with Gasteiger partial charge in [-0.3, -0.25) is 4.79 Å². The van der Waals surface area contributed by atoms with Crippen LogP contribution in [-0.4, -0.2) is 39.8 Å². The molecule has 0 radical (unpaired) electrons. The van der Waals surface area contributed by atoms with E-state index in [4.69, 9.17) is 9.47 Å². The number of likely N-dealkylation sites (tertiary alicyclic amines) is 1. The van der Waals surface area contributed by atoms with Crippen LogP contribution < -0.4 is 14.8 Å². The van der Waals surface area contributed by atoms with Crippen molar-refractivity contribution in [1.29, 1.82) is 0 Å². The molecule has 0 bridgehead atoms. The Morgan fingerprint density at radius 1 is 0.976 bits per heavy atom. The predicted molar refractivity (Wildman–Crippen MR) is 158 cm³/mol. The van der Waals surface area contributed by atoms with Crippen molar-refractivity contribution in [3.63, 3.8) is 0 Å². The van der Waals surface area contributed by atoms with E-state index in [1.807, 2.05) is 6.07 Å². The average Bonchev–Trinajstić information content (AvgIpc) is 2.90. The minimum atomic E-state index is -1.03. The summed E-state index contributed by atoms with van der Waals surface area (Å²) in [4.78, 5) is 13.7. The first kappa shape index (κ1) is 29.9. The molecule has 7 nitrogen and oxygen atoms in total. The van der Waals surface area contributed by atoms with Gasteiger partial charge in [0.2, 0.25) is 0 Å². The van der Waals surface area contributed by atoms with E-state index in [0.29, 0.717) is 71.9 Å². The first-order valence-corrected chi connectivity index (χ1v) is 13.9. The number of benzene rings is 3. The Morgan fingerprint density at radius 3 is 1.98 bits per heavy atom. The summed E-state index contributed by atoms with van der Waals surface area (Å²) in [7, 11) is 0. The fraction of sp³-hybridized carbons (Fsp3) is 0.364. The van der Waals surface area contributed by atoms with Crippen molar-refractivity contribution >= 4 is 11.7 Å². The number of carboxylic acid groups (broad SMARTS) is 1. The van der Waals surface area contributed by atoms with Crippen molar-refractivity contribution in [3.8, 4) is 23.0 Å². The summed E-state index contributed by atoms with van der Waals surface area (Å²) in [6, 6.07) is 18.0. The van der Waals surface area contributed by atoms with E-state index in [1.165, 1.54) is 12.1 Å². The molecule has 1 heterocycles. The molecule has 3 aromatic carbocycles. The van der Waals surface area contributed by atoms with Crippen LogP contribution in [0.3, 0.4) is 0 Å². The van der Waals surface area contributed by atoms with Gasteiger partial charge in [0.15, 0.2) is 0 Å². The second-order valence-corrected chi connectivity index (χ2v) is 11.7. The summed E-state index contributed by atoms with van der Waals surface area (Å²) in [5.41, 5.74) is -0.343. The van der Waals surface area contributed by atoms with Crippen LogP contribution in [0.1, 0.15) is 52.5 Å². The maximum atomic E-state index is 13.4. The number of carboxylic acids is 1. The van der Waals surface area contributed by atoms with Gasteiger partial charge in [0.1, 0.15) is 28.8 Å². The molecule has 3 aromatic rings. The highest BCUT2D eigenvalue weighted by atomic mass is 19.1. The van der Waals surface area contributed by atoms with Crippen molar-refractivity contribution < 1.29 is 28.9 Å². The quantitative estimate of drug-likeness (QED) is 0.223. The minimum Gasteiger partial charge on any atom is -0.481 e. The Hall–Kier alpha value is -4.04. The summed E-state index contributed by atoms with van der Waals surface area (Å²) < 4.78 is 25.6. The van der Waals surface area contributed by atoms with Crippen LogP contribution in [0.15, 0.2) is 79.1 Å². The van der Waals surface area contributed by atoms with Gasteiger partial charge in [0, 0.05) is 37.0 Å². The van der Waals surface area contributed by atoms with Crippen molar-refractivity contribution in [2.24, 2.45) is 5.92 Å². The lowest BCUT2D eigenvalue weighted by atomic mass is 9.84. The van der Waals surface area contributed by atoms with E-state index < -0.39 is 17.0 Å². The van der Waals surface area contributed by atoms with Crippen LogP contribution in [0.25, 0.3) is 0 Å². The number of aliphatic carboxylic acids is 1. The number of hydrogen-bond acceptors (Lipinski definition) is 6. The van der Waals surface area contributed by atoms with Crippen LogP contribution in [-0.2, 0) is 10.2 Å². The topological polar surface area (TPSA) is 91.3 Å². The number of rotatable bonds is 11. The highest BCUT2D eigenvalue weighted by molar-refractivity contribution is 5.80. The second kappa shape index (κ2) is 12.2. The third-order valence-electron chi connectivity index (χ3n) is 7.43. The normalized spacial score (nSPS) is 15.0. The molecule has 4 rings (SSSR count). The SMILES string of the molecule is C=C(Nc1cc(Oc2ccc(F)cc2)cc(Oc2ccc(C(C)(C)C(=O)O)cc2)c1)N1CCC(O)(CC(C)C)CC1. The molecule has 0 aliphatic carbocycles. The third-order valence-corrected chi connectivity index (χ3v) is 7.43. The lowest BCUT2D eigenvalue weighted by Crippen LogP contribution is -2.45. The second-order valence-electron chi connectivity index (χ2n) is 11.7. The van der Waals surface area contributed by atoms with Crippen molar-refractivity contribution in [2.45, 2.75) is 58.0 Å². The van der Waals surface area contributed by atoms with E-state index >= 15 is 0 Å². The van der Waals surface area contributed by atoms with Gasteiger partial charge in [-0.25, -0.2) is 4.39 Å². The first-order valence-electron chi connectivity index (χ1n) is 13.9. The van der Waals surface area contributed by atoms with Gasteiger partial charge in [-0.15, -0.1) is 0 Å². The van der Waals surface area contributed by atoms with Gasteiger partial charge >= 0.3 is 5.97 Å². The monoisotopic (exact) mass is 562 g/mol. The van der Waals surface area contributed by atoms with Gasteiger partial charge in [-0.05, 0) is 81.0 Å². The van der Waals surface area contributed by atoms with E-state index in [1.54, 1.807) is 62.4 Å². The molecule has 0 amide bonds. The highest BCUT2D eigenvalue weighted by Crippen LogP contribution is 2.35. The molecule has 0 unspecified atom stereocenters. The molecule has 1 aliphatic rings. The fourth-order valence-corrected chi connectivity index (χ4v) is 5.00. The Kier molecular flexibility index (Phi) is 8.92. The number of anilines is 1. The number of aliphatic hydroxyl groups is 1. The average molecular weight is 563 g/mol. The number of nitrogens with zero attached hydrogens (tertiary/aromatic N) is 1. The number of piperidine rings is 1. The smallest absolute Gasteiger partial charge is 0.313 e. The van der Waals surface area contributed by atoms with Crippen LogP contribution in [0.5, 0.6) is 23.0 Å². The zero-order valence-electron chi connectivity index (χ0n) is 24.1. The van der Waals surface area contributed by atoms with Gasteiger partial charge < -0.3 is 29.9 Å². The van der Waals surface area contributed by atoms with Crippen LogP contribution >= 0.6 is 0 Å². The van der Waals surface area contributed by atoms with Gasteiger partial charge in [0.05, 0.1) is 16.8 Å². The summed E-state index contributed by atoms with van der Waals surface area (Å²) in [6.45, 7) is 13.1. The molecule has 41 heavy (non-hydrogen) atoms. The Labute approximate surface area is 241 Å². The maximum absolute atomic E-state index is 13.4. The van der Waals surface area contributed by atoms with Crippen LogP contribution in [0, 0.1) is 11.7 Å². The van der Waals surface area contributed by atoms with Crippen molar-refractivity contribution in [3.05, 3.63) is 90.5 Å². The number of carbonyl (C=O) groups is 1. The number of halogens is 1. The lowest BCUT2D eigenvalue weighted by Gasteiger charge is -2.40. The first-order chi connectivity index (χ1) is 19.3. The number of ether oxygens (including phenoxy) is 2. The van der Waals surface area contributed by atoms with E-state index in [-0.39, 0.29) is 5.82 Å². The largest absolute Gasteiger partial charge is 0.481 e. The number of hydrogen-bond donors (Lipinski definition) is 3. The molecule has 8 heteroatoms. The van der Waals surface area contributed by atoms with E-state index in [2.05, 4.69) is 30.6 Å². The Morgan fingerprint density at radius 2 is 1.49 bits per heavy atom. The predicted octanol–water partition coefficient (Wildman–Crippen LogP) is 7.53. The zero-order chi connectivity index (χ0) is 29.8. The molecule has 3 N–H and O–H groups in total. The summed E-state index contributed by atoms with van der Waals surface area (Å²) in [5, 5.41) is 23.8. The fourth-order valence-electron chi connectivity index (χ4n) is 5.00. The molecule has 1 aliphatic heterocycles. The van der Waals surface area contributed by atoms with Crippen molar-refractivity contribution in [1.82, 2.24) is 4.90 Å². The minimum absolute atomic E-state index is 0.357. The summed E-state index contributed by atoms with van der Waals surface area (Å²) >= 11 is 0. The molecule has 1 saturated heterocycles. The number of nitrogens with one attached hydrogen (secondary N) is 1. The standard InChI is InChI=1S/C33H39FN2O5/c1-22(2)21-33(39)14-16-36(17-15-33)23(3)35-26-18-29(20-30(19-26)41-28-12-8-25(34)9-13-28)40-27-10-6-24(7-11-27)32(4,5)31(37)38/h6-13,18-20,22,35,39H,3,14-17,21H2,1-2,4-5H3,(H,37,38). The Bertz CT molecular complexity index is 1360. The van der Waals surface area contributed by atoms with E-state index in [9.17, 15) is 19.4 Å². The molecule has 0 spiro atoms. The van der Waals surface area contributed by atoms with Crippen molar-refractivity contribution in [2.75, 3.05) is 18.4 Å². The molecule has 218 valence electrons. The Balaban J connectivity index is 1.53. The highest BCUT2D eigenvalue weighted by Gasteiger charge is 2.33. The molecular weight excluding hydrogens is 523 g/mol. The van der Waals surface area contributed by atoms with Gasteiger partial charge in [0.25, 0.3) is 0 Å². The summed E-state index contributed by atoms with van der Waals surface area (Å²) in [5.74, 6) is 1.80.